The highest BCUT2D eigenvalue weighted by Crippen LogP contribution is 2.11. The van der Waals surface area contributed by atoms with Crippen LogP contribution in [-0.4, -0.2) is 36.0 Å². The second-order valence-electron chi connectivity index (χ2n) is 4.35. The first-order valence-electron chi connectivity index (χ1n) is 6.74. The standard InChI is InChI=1S/C15H19N3O3/c1-3-18(14(19)13(17)15(20)21-4-2)10-12-8-6-5-7-11(12)9-16/h5-8,13H,3-4,10,17H2,1-2H3. The number of esters is 1. The Morgan fingerprint density at radius 1 is 1.38 bits per heavy atom. The predicted octanol–water partition coefficient (Wildman–Crippen LogP) is 0.797. The molecule has 0 saturated carbocycles. The van der Waals surface area contributed by atoms with E-state index in [0.717, 1.165) is 0 Å². The summed E-state index contributed by atoms with van der Waals surface area (Å²) in [6, 6.07) is 7.73. The fourth-order valence-electron chi connectivity index (χ4n) is 1.85. The number of benzene rings is 1. The first kappa shape index (κ1) is 16.7. The van der Waals surface area contributed by atoms with Crippen LogP contribution in [0.2, 0.25) is 0 Å². The number of hydrogen-bond donors (Lipinski definition) is 1. The fourth-order valence-corrected chi connectivity index (χ4v) is 1.85. The van der Waals surface area contributed by atoms with Gasteiger partial charge < -0.3 is 15.4 Å². The molecule has 1 amide bonds. The number of amides is 1. The molecule has 0 fully saturated rings. The summed E-state index contributed by atoms with van der Waals surface area (Å²) >= 11 is 0. The fraction of sp³-hybridized carbons (Fsp3) is 0.400. The second kappa shape index (κ2) is 8.02. The second-order valence-corrected chi connectivity index (χ2v) is 4.35. The normalized spacial score (nSPS) is 11.3. The summed E-state index contributed by atoms with van der Waals surface area (Å²) in [6.45, 7) is 4.21. The maximum atomic E-state index is 12.2. The summed E-state index contributed by atoms with van der Waals surface area (Å²) in [6.07, 6.45) is 0. The third-order valence-electron chi connectivity index (χ3n) is 3.00. The molecule has 2 N–H and O–H groups in total. The highest BCUT2D eigenvalue weighted by atomic mass is 16.5. The molecule has 0 radical (unpaired) electrons. The van der Waals surface area contributed by atoms with Crippen LogP contribution in [0.4, 0.5) is 0 Å². The van der Waals surface area contributed by atoms with Gasteiger partial charge in [-0.1, -0.05) is 18.2 Å². The molecular weight excluding hydrogens is 270 g/mol. The van der Waals surface area contributed by atoms with Gasteiger partial charge >= 0.3 is 5.97 Å². The zero-order valence-electron chi connectivity index (χ0n) is 12.2. The number of nitriles is 1. The van der Waals surface area contributed by atoms with E-state index in [1.165, 1.54) is 4.90 Å². The van der Waals surface area contributed by atoms with Gasteiger partial charge in [0.05, 0.1) is 18.2 Å². The lowest BCUT2D eigenvalue weighted by atomic mass is 10.1. The summed E-state index contributed by atoms with van der Waals surface area (Å²) in [5.74, 6) is -1.25. The number of ether oxygens (including phenoxy) is 1. The quantitative estimate of drug-likeness (QED) is 0.617. The van der Waals surface area contributed by atoms with E-state index in [2.05, 4.69) is 6.07 Å². The molecule has 0 aliphatic rings. The minimum Gasteiger partial charge on any atom is -0.464 e. The van der Waals surface area contributed by atoms with Crippen LogP contribution in [-0.2, 0) is 20.9 Å². The molecule has 0 bridgehead atoms. The van der Waals surface area contributed by atoms with Crippen molar-refractivity contribution < 1.29 is 14.3 Å². The van der Waals surface area contributed by atoms with Crippen molar-refractivity contribution in [3.63, 3.8) is 0 Å². The van der Waals surface area contributed by atoms with Crippen molar-refractivity contribution in [2.45, 2.75) is 26.4 Å². The minimum atomic E-state index is -1.33. The zero-order chi connectivity index (χ0) is 15.8. The lowest BCUT2D eigenvalue weighted by Crippen LogP contribution is -2.48. The Balaban J connectivity index is 2.86. The molecule has 112 valence electrons. The maximum absolute atomic E-state index is 12.2. The van der Waals surface area contributed by atoms with Crippen molar-refractivity contribution in [3.05, 3.63) is 35.4 Å². The molecule has 6 heteroatoms. The highest BCUT2D eigenvalue weighted by Gasteiger charge is 2.27. The van der Waals surface area contributed by atoms with E-state index in [1.54, 1.807) is 38.1 Å². The van der Waals surface area contributed by atoms with Crippen molar-refractivity contribution in [1.29, 1.82) is 5.26 Å². The van der Waals surface area contributed by atoms with Crippen molar-refractivity contribution >= 4 is 11.9 Å². The van der Waals surface area contributed by atoms with Gasteiger partial charge in [0.1, 0.15) is 0 Å². The van der Waals surface area contributed by atoms with E-state index in [9.17, 15) is 9.59 Å². The molecule has 1 atom stereocenters. The Labute approximate surface area is 124 Å². The number of nitrogens with two attached hydrogens (primary N) is 1. The summed E-state index contributed by atoms with van der Waals surface area (Å²) < 4.78 is 4.75. The van der Waals surface area contributed by atoms with E-state index in [0.29, 0.717) is 17.7 Å². The lowest BCUT2D eigenvalue weighted by molar-refractivity contribution is -0.151. The Morgan fingerprint density at radius 3 is 2.62 bits per heavy atom. The zero-order valence-corrected chi connectivity index (χ0v) is 12.2. The molecule has 0 spiro atoms. The van der Waals surface area contributed by atoms with Crippen LogP contribution in [0, 0.1) is 11.3 Å². The average Bonchev–Trinajstić information content (AvgIpc) is 2.51. The van der Waals surface area contributed by atoms with Gasteiger partial charge in [0.25, 0.3) is 5.91 Å². The Kier molecular flexibility index (Phi) is 6.37. The van der Waals surface area contributed by atoms with Crippen molar-refractivity contribution in [3.8, 4) is 6.07 Å². The van der Waals surface area contributed by atoms with E-state index >= 15 is 0 Å². The molecule has 0 aromatic heterocycles. The third-order valence-corrected chi connectivity index (χ3v) is 3.00. The molecular formula is C15H19N3O3. The van der Waals surface area contributed by atoms with Crippen molar-refractivity contribution in [1.82, 2.24) is 4.90 Å². The van der Waals surface area contributed by atoms with Crippen LogP contribution in [0.3, 0.4) is 0 Å². The number of carbonyl (C=O) groups is 2. The van der Waals surface area contributed by atoms with Gasteiger partial charge in [-0.05, 0) is 25.5 Å². The first-order valence-corrected chi connectivity index (χ1v) is 6.74. The van der Waals surface area contributed by atoms with Crippen molar-refractivity contribution in [2.24, 2.45) is 5.73 Å². The molecule has 1 unspecified atom stereocenters. The number of hydrogen-bond acceptors (Lipinski definition) is 5. The average molecular weight is 289 g/mol. The highest BCUT2D eigenvalue weighted by molar-refractivity contribution is 6.01. The first-order chi connectivity index (χ1) is 10.0. The smallest absolute Gasteiger partial charge is 0.332 e. The van der Waals surface area contributed by atoms with E-state index in [-0.39, 0.29) is 13.2 Å². The van der Waals surface area contributed by atoms with Gasteiger partial charge in [-0.3, -0.25) is 4.79 Å². The maximum Gasteiger partial charge on any atom is 0.332 e. The molecule has 1 aromatic carbocycles. The van der Waals surface area contributed by atoms with Gasteiger partial charge in [0, 0.05) is 13.1 Å². The number of carbonyl (C=O) groups excluding carboxylic acids is 2. The van der Waals surface area contributed by atoms with Crippen LogP contribution < -0.4 is 5.73 Å². The number of likely N-dealkylation sites (N-methyl/N-ethyl adjacent to an activating group) is 1. The van der Waals surface area contributed by atoms with E-state index in [1.807, 2.05) is 0 Å². The summed E-state index contributed by atoms with van der Waals surface area (Å²) in [7, 11) is 0. The minimum absolute atomic E-state index is 0.170. The van der Waals surface area contributed by atoms with Gasteiger partial charge in [0.15, 0.2) is 6.04 Å². The summed E-state index contributed by atoms with van der Waals surface area (Å²) in [5.41, 5.74) is 6.82. The van der Waals surface area contributed by atoms with Crippen molar-refractivity contribution in [2.75, 3.05) is 13.2 Å². The molecule has 6 nitrogen and oxygen atoms in total. The molecule has 0 aliphatic carbocycles. The summed E-state index contributed by atoms with van der Waals surface area (Å²) in [5, 5.41) is 9.06. The monoisotopic (exact) mass is 289 g/mol. The van der Waals surface area contributed by atoms with Crippen LogP contribution in [0.5, 0.6) is 0 Å². The molecule has 1 aromatic rings. The molecule has 21 heavy (non-hydrogen) atoms. The predicted molar refractivity (Wildman–Crippen MR) is 76.9 cm³/mol. The van der Waals surface area contributed by atoms with Crippen LogP contribution in [0.15, 0.2) is 24.3 Å². The summed E-state index contributed by atoms with van der Waals surface area (Å²) in [4.78, 5) is 25.2. The van der Waals surface area contributed by atoms with E-state index in [4.69, 9.17) is 15.7 Å². The third kappa shape index (κ3) is 4.29. The lowest BCUT2D eigenvalue weighted by Gasteiger charge is -2.24. The molecule has 0 heterocycles. The van der Waals surface area contributed by atoms with Crippen LogP contribution >= 0.6 is 0 Å². The largest absolute Gasteiger partial charge is 0.464 e. The van der Waals surface area contributed by atoms with E-state index < -0.39 is 17.9 Å². The number of nitrogens with zero attached hydrogens (tertiary/aromatic N) is 2. The Bertz CT molecular complexity index is 551. The van der Waals surface area contributed by atoms with Gasteiger partial charge in [-0.25, -0.2) is 4.79 Å². The van der Waals surface area contributed by atoms with Gasteiger partial charge in [-0.15, -0.1) is 0 Å². The SMILES string of the molecule is CCOC(=O)C(N)C(=O)N(CC)Cc1ccccc1C#N. The Hall–Kier alpha value is -2.39. The van der Waals surface area contributed by atoms with Gasteiger partial charge in [-0.2, -0.15) is 5.26 Å². The van der Waals surface area contributed by atoms with Crippen LogP contribution in [0.25, 0.3) is 0 Å². The number of rotatable bonds is 6. The Morgan fingerprint density at radius 2 is 2.05 bits per heavy atom. The van der Waals surface area contributed by atoms with Crippen LogP contribution in [0.1, 0.15) is 25.0 Å². The topological polar surface area (TPSA) is 96.4 Å². The molecule has 0 aliphatic heterocycles. The molecule has 0 saturated heterocycles. The molecule has 1 rings (SSSR count). The van der Waals surface area contributed by atoms with Gasteiger partial charge in [0.2, 0.25) is 0 Å².